The summed E-state index contributed by atoms with van der Waals surface area (Å²) in [4.78, 5) is 2.10. The van der Waals surface area contributed by atoms with Gasteiger partial charge in [0.2, 0.25) is 0 Å². The van der Waals surface area contributed by atoms with Gasteiger partial charge in [0.15, 0.2) is 0 Å². The lowest BCUT2D eigenvalue weighted by Crippen LogP contribution is -2.30. The second kappa shape index (κ2) is 8.67. The van der Waals surface area contributed by atoms with Crippen LogP contribution < -0.4 is 9.47 Å². The highest BCUT2D eigenvalue weighted by Crippen LogP contribution is 2.40. The number of methoxy groups -OCH3 is 2. The van der Waals surface area contributed by atoms with Gasteiger partial charge in [-0.1, -0.05) is 18.2 Å². The van der Waals surface area contributed by atoms with Gasteiger partial charge >= 0.3 is 6.18 Å². The monoisotopic (exact) mass is 430 g/mol. The average molecular weight is 430 g/mol. The van der Waals surface area contributed by atoms with E-state index >= 15 is 0 Å². The van der Waals surface area contributed by atoms with E-state index < -0.39 is 11.7 Å². The molecule has 0 saturated carbocycles. The largest absolute Gasteiger partial charge is 0.497 e. The van der Waals surface area contributed by atoms with Gasteiger partial charge in [0, 0.05) is 37.1 Å². The molecule has 164 valence electrons. The van der Waals surface area contributed by atoms with E-state index in [0.717, 1.165) is 30.3 Å². The van der Waals surface area contributed by atoms with Crippen molar-refractivity contribution in [1.29, 1.82) is 0 Å². The fourth-order valence-corrected chi connectivity index (χ4v) is 4.37. The lowest BCUT2D eigenvalue weighted by molar-refractivity contribution is -0.138. The van der Waals surface area contributed by atoms with Crippen molar-refractivity contribution >= 4 is 0 Å². The molecule has 0 aliphatic carbocycles. The van der Waals surface area contributed by atoms with E-state index in [4.69, 9.17) is 9.47 Å². The minimum absolute atomic E-state index is 0.173. The second-order valence-electron chi connectivity index (χ2n) is 7.62. The lowest BCUT2D eigenvalue weighted by atomic mass is 9.98. The molecule has 2 heterocycles. The molecule has 0 spiro atoms. The Labute approximate surface area is 179 Å². The molecular formula is C24H25F3N2O2. The molecule has 1 unspecified atom stereocenters. The molecule has 2 aromatic carbocycles. The molecule has 0 amide bonds. The maximum atomic E-state index is 13.7. The molecule has 1 atom stereocenters. The number of rotatable bonds is 5. The second-order valence-corrected chi connectivity index (χ2v) is 7.62. The van der Waals surface area contributed by atoms with E-state index in [-0.39, 0.29) is 18.2 Å². The molecule has 1 aliphatic heterocycles. The van der Waals surface area contributed by atoms with Crippen LogP contribution in [0.3, 0.4) is 0 Å². The number of hydrogen-bond donors (Lipinski definition) is 0. The Hall–Kier alpha value is -2.93. The molecule has 1 aromatic heterocycles. The number of alkyl halides is 3. The maximum Gasteiger partial charge on any atom is 0.416 e. The van der Waals surface area contributed by atoms with Crippen LogP contribution in [-0.4, -0.2) is 30.2 Å². The number of fused-ring (bicyclic) bond motifs is 1. The van der Waals surface area contributed by atoms with E-state index in [2.05, 4.69) is 9.47 Å². The van der Waals surface area contributed by atoms with Gasteiger partial charge in [-0.3, -0.25) is 4.90 Å². The molecule has 0 saturated heterocycles. The number of aromatic nitrogens is 1. The molecule has 0 bridgehead atoms. The molecule has 7 heteroatoms. The summed E-state index contributed by atoms with van der Waals surface area (Å²) in [5, 5.41) is 0. The Kier molecular flexibility index (Phi) is 5.96. The van der Waals surface area contributed by atoms with Crippen molar-refractivity contribution in [3.8, 4) is 11.5 Å². The fraction of sp³-hybridized carbons (Fsp3) is 0.333. The highest BCUT2D eigenvalue weighted by atomic mass is 19.4. The van der Waals surface area contributed by atoms with Crippen molar-refractivity contribution in [3.05, 3.63) is 83.2 Å². The third-order valence-corrected chi connectivity index (χ3v) is 5.78. The van der Waals surface area contributed by atoms with Crippen LogP contribution in [0.1, 0.15) is 34.8 Å². The predicted molar refractivity (Wildman–Crippen MR) is 112 cm³/mol. The standard InChI is InChI=1S/C24H25F3N2O2/c1-30-18-10-11-22(31-2)19(15-18)23-21-9-5-12-28(21)13-6-14-29(23)16-17-7-3-4-8-20(17)24(25,26)27/h3-5,7-12,15,23H,6,13-14,16H2,1-2H3. The molecule has 0 N–H and O–H groups in total. The van der Waals surface area contributed by atoms with Crippen molar-refractivity contribution in [2.24, 2.45) is 0 Å². The fourth-order valence-electron chi connectivity index (χ4n) is 4.37. The van der Waals surface area contributed by atoms with Gasteiger partial charge < -0.3 is 14.0 Å². The van der Waals surface area contributed by atoms with E-state index in [9.17, 15) is 13.2 Å². The number of nitrogens with zero attached hydrogens (tertiary/aromatic N) is 2. The van der Waals surface area contributed by atoms with E-state index in [1.807, 2.05) is 36.5 Å². The van der Waals surface area contributed by atoms with Gasteiger partial charge in [0.25, 0.3) is 0 Å². The Morgan fingerprint density at radius 3 is 2.52 bits per heavy atom. The number of aryl methyl sites for hydroxylation is 1. The first-order valence-corrected chi connectivity index (χ1v) is 10.2. The number of ether oxygens (including phenoxy) is 2. The normalized spacial score (nSPS) is 17.1. The van der Waals surface area contributed by atoms with E-state index in [1.54, 1.807) is 26.4 Å². The summed E-state index contributed by atoms with van der Waals surface area (Å²) in [7, 11) is 3.20. The molecule has 4 nitrogen and oxygen atoms in total. The molecule has 1 aliphatic rings. The number of benzene rings is 2. The molecule has 31 heavy (non-hydrogen) atoms. The minimum Gasteiger partial charge on any atom is -0.497 e. The van der Waals surface area contributed by atoms with Gasteiger partial charge in [-0.05, 0) is 48.4 Å². The van der Waals surface area contributed by atoms with Crippen LogP contribution in [0.2, 0.25) is 0 Å². The highest BCUT2D eigenvalue weighted by molar-refractivity contribution is 5.46. The molecule has 4 rings (SSSR count). The first-order chi connectivity index (χ1) is 14.9. The lowest BCUT2D eigenvalue weighted by Gasteiger charge is -2.32. The summed E-state index contributed by atoms with van der Waals surface area (Å²) in [5.74, 6) is 1.35. The first kappa shape index (κ1) is 21.3. The van der Waals surface area contributed by atoms with Crippen LogP contribution >= 0.6 is 0 Å². The van der Waals surface area contributed by atoms with Gasteiger partial charge in [-0.15, -0.1) is 0 Å². The molecular weight excluding hydrogens is 405 g/mol. The Morgan fingerprint density at radius 2 is 1.77 bits per heavy atom. The van der Waals surface area contributed by atoms with Crippen LogP contribution in [0, 0.1) is 0 Å². The van der Waals surface area contributed by atoms with Gasteiger partial charge in [0.05, 0.1) is 25.8 Å². The zero-order chi connectivity index (χ0) is 22.0. The summed E-state index contributed by atoms with van der Waals surface area (Å²) < 4.78 is 54.2. The molecule has 0 fully saturated rings. The van der Waals surface area contributed by atoms with Crippen molar-refractivity contribution in [1.82, 2.24) is 9.47 Å². The summed E-state index contributed by atoms with van der Waals surface area (Å²) >= 11 is 0. The van der Waals surface area contributed by atoms with Crippen molar-refractivity contribution in [2.75, 3.05) is 20.8 Å². The first-order valence-electron chi connectivity index (χ1n) is 10.2. The third-order valence-electron chi connectivity index (χ3n) is 5.78. The Bertz CT molecular complexity index is 1050. The van der Waals surface area contributed by atoms with Gasteiger partial charge in [-0.25, -0.2) is 0 Å². The van der Waals surface area contributed by atoms with Crippen molar-refractivity contribution < 1.29 is 22.6 Å². The van der Waals surface area contributed by atoms with E-state index in [1.165, 1.54) is 6.07 Å². The van der Waals surface area contributed by atoms with Crippen LogP contribution in [0.15, 0.2) is 60.8 Å². The average Bonchev–Trinajstić information content (AvgIpc) is 3.14. The summed E-state index contributed by atoms with van der Waals surface area (Å²) in [6.07, 6.45) is -1.55. The molecule has 3 aromatic rings. The summed E-state index contributed by atoms with van der Waals surface area (Å²) in [5.41, 5.74) is 1.56. The van der Waals surface area contributed by atoms with Crippen molar-refractivity contribution in [2.45, 2.75) is 31.7 Å². The van der Waals surface area contributed by atoms with E-state index in [0.29, 0.717) is 18.0 Å². The zero-order valence-electron chi connectivity index (χ0n) is 17.5. The highest BCUT2D eigenvalue weighted by Gasteiger charge is 2.35. The van der Waals surface area contributed by atoms with Gasteiger partial charge in [0.1, 0.15) is 11.5 Å². The Morgan fingerprint density at radius 1 is 0.968 bits per heavy atom. The summed E-state index contributed by atoms with van der Waals surface area (Å²) in [6, 6.07) is 15.1. The SMILES string of the molecule is COc1ccc(OC)c(C2c3cccn3CCCN2Cc2ccccc2C(F)(F)F)c1. The van der Waals surface area contributed by atoms with Crippen LogP contribution in [0.25, 0.3) is 0 Å². The minimum atomic E-state index is -4.40. The van der Waals surface area contributed by atoms with Crippen LogP contribution in [-0.2, 0) is 19.3 Å². The van der Waals surface area contributed by atoms with Gasteiger partial charge in [-0.2, -0.15) is 13.2 Å². The topological polar surface area (TPSA) is 26.6 Å². The maximum absolute atomic E-state index is 13.7. The molecule has 0 radical (unpaired) electrons. The summed E-state index contributed by atoms with van der Waals surface area (Å²) in [6.45, 7) is 1.63. The smallest absolute Gasteiger partial charge is 0.416 e. The number of hydrogen-bond acceptors (Lipinski definition) is 3. The number of halogens is 3. The predicted octanol–water partition coefficient (Wildman–Crippen LogP) is 5.52. The quantitative estimate of drug-likeness (QED) is 0.533. The van der Waals surface area contributed by atoms with Crippen LogP contribution in [0.4, 0.5) is 13.2 Å². The Balaban J connectivity index is 1.83. The zero-order valence-corrected chi connectivity index (χ0v) is 17.5. The third kappa shape index (κ3) is 4.28. The van der Waals surface area contributed by atoms with Crippen LogP contribution in [0.5, 0.6) is 11.5 Å². The van der Waals surface area contributed by atoms with Crippen molar-refractivity contribution in [3.63, 3.8) is 0 Å².